The van der Waals surface area contributed by atoms with Crippen LogP contribution in [0.25, 0.3) is 0 Å². The van der Waals surface area contributed by atoms with Gasteiger partial charge < -0.3 is 25.5 Å². The fourth-order valence-electron chi connectivity index (χ4n) is 2.80. The number of benzene rings is 2. The molecule has 8 heteroatoms. The maximum Gasteiger partial charge on any atom is 0.231 e. The lowest BCUT2D eigenvalue weighted by atomic mass is 10.1. The molecule has 0 atom stereocenters. The molecule has 0 unspecified atom stereocenters. The second-order valence-corrected chi connectivity index (χ2v) is 6.19. The molecule has 0 saturated carbocycles. The number of ether oxygens (including phenoxy) is 2. The molecule has 1 heterocycles. The van der Waals surface area contributed by atoms with E-state index in [0.717, 1.165) is 29.2 Å². The van der Waals surface area contributed by atoms with Gasteiger partial charge in [-0.3, -0.25) is 0 Å². The van der Waals surface area contributed by atoms with Crippen LogP contribution in [0.2, 0.25) is 0 Å². The van der Waals surface area contributed by atoms with Gasteiger partial charge >= 0.3 is 0 Å². The Morgan fingerprint density at radius 1 is 0.966 bits per heavy atom. The summed E-state index contributed by atoms with van der Waals surface area (Å²) < 4.78 is 11.0. The number of rotatable bonds is 10. The summed E-state index contributed by atoms with van der Waals surface area (Å²) in [6.07, 6.45) is 0.793. The van der Waals surface area contributed by atoms with Crippen molar-refractivity contribution in [2.24, 2.45) is 5.84 Å². The third kappa shape index (κ3) is 5.73. The van der Waals surface area contributed by atoms with Crippen LogP contribution in [0.1, 0.15) is 12.5 Å². The Kier molecular flexibility index (Phi) is 7.07. The van der Waals surface area contributed by atoms with Crippen molar-refractivity contribution in [1.29, 1.82) is 0 Å². The second kappa shape index (κ2) is 10.1. The summed E-state index contributed by atoms with van der Waals surface area (Å²) in [6.45, 7) is 3.22. The van der Waals surface area contributed by atoms with Crippen LogP contribution in [0.3, 0.4) is 0 Å². The van der Waals surface area contributed by atoms with Gasteiger partial charge in [0.25, 0.3) is 0 Å². The fourth-order valence-corrected chi connectivity index (χ4v) is 2.80. The van der Waals surface area contributed by atoms with Crippen LogP contribution in [-0.2, 0) is 6.42 Å². The Morgan fingerprint density at radius 2 is 1.76 bits per heavy atom. The number of nitrogens with zero attached hydrogens (tertiary/aromatic N) is 2. The van der Waals surface area contributed by atoms with Crippen molar-refractivity contribution < 1.29 is 9.47 Å². The first-order valence-electron chi connectivity index (χ1n) is 9.43. The lowest BCUT2D eigenvalue weighted by Crippen LogP contribution is -2.13. The van der Waals surface area contributed by atoms with Gasteiger partial charge in [-0.25, -0.2) is 5.84 Å². The number of hydrogen-bond donors (Lipinski definition) is 4. The highest BCUT2D eigenvalue weighted by Gasteiger charge is 2.07. The second-order valence-electron chi connectivity index (χ2n) is 6.19. The minimum Gasteiger partial charge on any atom is -0.493 e. The Bertz CT molecular complexity index is 920. The van der Waals surface area contributed by atoms with Gasteiger partial charge in [-0.1, -0.05) is 24.3 Å². The van der Waals surface area contributed by atoms with Gasteiger partial charge in [-0.05, 0) is 43.2 Å². The van der Waals surface area contributed by atoms with E-state index in [4.69, 9.17) is 15.3 Å². The van der Waals surface area contributed by atoms with Crippen LogP contribution >= 0.6 is 0 Å². The first-order chi connectivity index (χ1) is 14.2. The number of nitrogens with one attached hydrogen (secondary N) is 3. The van der Waals surface area contributed by atoms with Crippen molar-refractivity contribution in [2.45, 2.75) is 13.3 Å². The van der Waals surface area contributed by atoms with Crippen LogP contribution in [0, 0.1) is 0 Å². The molecule has 0 bridgehead atoms. The maximum atomic E-state index is 5.64. The van der Waals surface area contributed by atoms with E-state index in [1.54, 1.807) is 13.2 Å². The van der Waals surface area contributed by atoms with Crippen LogP contribution in [0.15, 0.2) is 54.6 Å². The van der Waals surface area contributed by atoms with Gasteiger partial charge in [0.1, 0.15) is 11.6 Å². The normalized spacial score (nSPS) is 10.3. The summed E-state index contributed by atoms with van der Waals surface area (Å²) in [5.41, 5.74) is 4.61. The number of hydrazine groups is 1. The summed E-state index contributed by atoms with van der Waals surface area (Å²) in [5, 5.41) is 6.49. The number of hydrogen-bond acceptors (Lipinski definition) is 8. The number of nitrogen functional groups attached to an aromatic ring is 1. The van der Waals surface area contributed by atoms with Crippen molar-refractivity contribution in [2.75, 3.05) is 36.3 Å². The predicted octanol–water partition coefficient (Wildman–Crippen LogP) is 3.57. The van der Waals surface area contributed by atoms with Gasteiger partial charge in [-0.2, -0.15) is 9.97 Å². The molecule has 0 spiro atoms. The summed E-state index contributed by atoms with van der Waals surface area (Å²) >= 11 is 0. The highest BCUT2D eigenvalue weighted by molar-refractivity contribution is 5.58. The van der Waals surface area contributed by atoms with Gasteiger partial charge in [0.15, 0.2) is 11.5 Å². The summed E-state index contributed by atoms with van der Waals surface area (Å²) in [5.74, 6) is 8.68. The maximum absolute atomic E-state index is 5.64. The minimum absolute atomic E-state index is 0.456. The third-order valence-corrected chi connectivity index (χ3v) is 4.15. The Morgan fingerprint density at radius 3 is 2.48 bits per heavy atom. The largest absolute Gasteiger partial charge is 0.493 e. The summed E-state index contributed by atoms with van der Waals surface area (Å²) in [7, 11) is 1.64. The Hall–Kier alpha value is -3.52. The zero-order chi connectivity index (χ0) is 20.5. The van der Waals surface area contributed by atoms with Crippen molar-refractivity contribution in [3.63, 3.8) is 0 Å². The smallest absolute Gasteiger partial charge is 0.231 e. The molecule has 5 N–H and O–H groups in total. The number of anilines is 4. The number of para-hydroxylation sites is 1. The van der Waals surface area contributed by atoms with Crippen LogP contribution in [0.5, 0.6) is 11.5 Å². The van der Waals surface area contributed by atoms with Crippen LogP contribution < -0.4 is 31.4 Å². The summed E-state index contributed by atoms with van der Waals surface area (Å²) in [6, 6.07) is 17.4. The van der Waals surface area contributed by atoms with E-state index >= 15 is 0 Å². The number of nitrogens with two attached hydrogens (primary N) is 1. The van der Waals surface area contributed by atoms with Gasteiger partial charge in [0.05, 0.1) is 13.7 Å². The monoisotopic (exact) mass is 394 g/mol. The standard InChI is InChI=1S/C21H26N6O2/c1-3-29-18-13-15(9-10-17(18)28-2)11-12-23-19-14-20(27-22)26-21(25-19)24-16-7-5-4-6-8-16/h4-10,13-14H,3,11-12,22H2,1-2H3,(H3,23,24,25,26,27). The van der Waals surface area contributed by atoms with Gasteiger partial charge in [0.2, 0.25) is 5.95 Å². The lowest BCUT2D eigenvalue weighted by Gasteiger charge is -2.13. The van der Waals surface area contributed by atoms with E-state index in [9.17, 15) is 0 Å². The molecule has 1 aromatic heterocycles. The van der Waals surface area contributed by atoms with E-state index in [-0.39, 0.29) is 0 Å². The first kappa shape index (κ1) is 20.2. The predicted molar refractivity (Wildman–Crippen MR) is 116 cm³/mol. The third-order valence-electron chi connectivity index (χ3n) is 4.15. The Balaban J connectivity index is 1.65. The van der Waals surface area contributed by atoms with Gasteiger partial charge in [-0.15, -0.1) is 0 Å². The van der Waals surface area contributed by atoms with E-state index in [2.05, 4.69) is 26.0 Å². The minimum atomic E-state index is 0.456. The van der Waals surface area contributed by atoms with Gasteiger partial charge in [0, 0.05) is 18.3 Å². The highest BCUT2D eigenvalue weighted by Crippen LogP contribution is 2.28. The highest BCUT2D eigenvalue weighted by atomic mass is 16.5. The molecule has 8 nitrogen and oxygen atoms in total. The molecule has 152 valence electrons. The number of aromatic nitrogens is 2. The number of methoxy groups -OCH3 is 1. The average Bonchev–Trinajstić information content (AvgIpc) is 2.75. The summed E-state index contributed by atoms with van der Waals surface area (Å²) in [4.78, 5) is 8.84. The molecule has 0 fully saturated rings. The molecular formula is C21H26N6O2. The zero-order valence-corrected chi connectivity index (χ0v) is 16.6. The molecule has 0 amide bonds. The van der Waals surface area contributed by atoms with Crippen molar-refractivity contribution >= 4 is 23.3 Å². The van der Waals surface area contributed by atoms with E-state index in [1.807, 2.05) is 55.5 Å². The molecule has 29 heavy (non-hydrogen) atoms. The molecule has 0 saturated heterocycles. The topological polar surface area (TPSA) is 106 Å². The van der Waals surface area contributed by atoms with E-state index < -0.39 is 0 Å². The molecule has 3 rings (SSSR count). The average molecular weight is 394 g/mol. The van der Waals surface area contributed by atoms with Crippen LogP contribution in [0.4, 0.5) is 23.3 Å². The quantitative estimate of drug-likeness (QED) is 0.305. The molecule has 0 aliphatic carbocycles. The molecule has 0 radical (unpaired) electrons. The van der Waals surface area contributed by atoms with Crippen molar-refractivity contribution in [3.8, 4) is 11.5 Å². The van der Waals surface area contributed by atoms with Crippen molar-refractivity contribution in [3.05, 3.63) is 60.2 Å². The fraction of sp³-hybridized carbons (Fsp3) is 0.238. The van der Waals surface area contributed by atoms with E-state index in [0.29, 0.717) is 30.7 Å². The Labute approximate surface area is 170 Å². The molecule has 0 aliphatic rings. The van der Waals surface area contributed by atoms with Crippen LogP contribution in [-0.4, -0.2) is 30.2 Å². The lowest BCUT2D eigenvalue weighted by molar-refractivity contribution is 0.310. The van der Waals surface area contributed by atoms with E-state index in [1.165, 1.54) is 0 Å². The zero-order valence-electron chi connectivity index (χ0n) is 16.6. The first-order valence-corrected chi connectivity index (χ1v) is 9.43. The molecule has 3 aromatic rings. The molecule has 2 aromatic carbocycles. The SMILES string of the molecule is CCOc1cc(CCNc2cc(NN)nc(Nc3ccccc3)n2)ccc1OC. The molecular weight excluding hydrogens is 368 g/mol. The van der Waals surface area contributed by atoms with Crippen molar-refractivity contribution in [1.82, 2.24) is 9.97 Å². The molecule has 0 aliphatic heterocycles.